The van der Waals surface area contributed by atoms with E-state index in [0.717, 1.165) is 37.2 Å². The third kappa shape index (κ3) is 7.26. The van der Waals surface area contributed by atoms with Gasteiger partial charge in [-0.05, 0) is 30.0 Å². The van der Waals surface area contributed by atoms with Gasteiger partial charge in [-0.1, -0.05) is 55.5 Å². The predicted octanol–water partition coefficient (Wildman–Crippen LogP) is 3.11. The Morgan fingerprint density at radius 1 is 1.04 bits per heavy atom. The first kappa shape index (κ1) is 21.2. The van der Waals surface area contributed by atoms with Crippen molar-refractivity contribution in [2.24, 2.45) is 5.73 Å². The Labute approximate surface area is 156 Å². The number of nitrogens with one attached hydrogen (secondary N) is 1. The van der Waals surface area contributed by atoms with Crippen LogP contribution in [0.2, 0.25) is 0 Å². The third-order valence-electron chi connectivity index (χ3n) is 4.04. The Hall–Kier alpha value is -1.88. The fraction of sp³-hybridized carbons (Fsp3) is 0.350. The first-order chi connectivity index (χ1) is 11.7. The molecule has 4 nitrogen and oxygen atoms in total. The van der Waals surface area contributed by atoms with Crippen LogP contribution in [0.3, 0.4) is 0 Å². The van der Waals surface area contributed by atoms with E-state index in [1.54, 1.807) is 0 Å². The van der Waals surface area contributed by atoms with E-state index in [4.69, 9.17) is 5.73 Å². The summed E-state index contributed by atoms with van der Waals surface area (Å²) in [7, 11) is 0. The maximum Gasteiger partial charge on any atom is 0.238 e. The number of nitrogens with two attached hydrogens (primary N) is 1. The Morgan fingerprint density at radius 3 is 2.40 bits per heavy atom. The van der Waals surface area contributed by atoms with E-state index in [2.05, 4.69) is 29.3 Å². The molecule has 0 saturated carbocycles. The van der Waals surface area contributed by atoms with E-state index >= 15 is 0 Å². The molecule has 5 heteroatoms. The van der Waals surface area contributed by atoms with Crippen LogP contribution in [0.15, 0.2) is 54.6 Å². The normalized spacial score (nSPS) is 10.4. The predicted molar refractivity (Wildman–Crippen MR) is 107 cm³/mol. The van der Waals surface area contributed by atoms with Crippen molar-refractivity contribution >= 4 is 24.0 Å². The molecule has 0 unspecified atom stereocenters. The van der Waals surface area contributed by atoms with Crippen molar-refractivity contribution in [1.29, 1.82) is 0 Å². The maximum absolute atomic E-state index is 12.4. The van der Waals surface area contributed by atoms with Gasteiger partial charge in [-0.25, -0.2) is 0 Å². The SMILES string of the molecule is CCc1ccccc1NC(=O)CN(CCN)CCc1ccccc1.Cl. The molecule has 0 aliphatic heterocycles. The number of hydrogen-bond acceptors (Lipinski definition) is 3. The molecule has 0 heterocycles. The van der Waals surface area contributed by atoms with Crippen molar-refractivity contribution in [1.82, 2.24) is 4.90 Å². The highest BCUT2D eigenvalue weighted by atomic mass is 35.5. The van der Waals surface area contributed by atoms with Gasteiger partial charge in [0.25, 0.3) is 0 Å². The second kappa shape index (κ2) is 11.6. The first-order valence-electron chi connectivity index (χ1n) is 8.57. The van der Waals surface area contributed by atoms with Crippen molar-refractivity contribution in [3.63, 3.8) is 0 Å². The third-order valence-corrected chi connectivity index (χ3v) is 4.04. The Kier molecular flexibility index (Phi) is 9.85. The summed E-state index contributed by atoms with van der Waals surface area (Å²) in [5, 5.41) is 3.03. The number of aryl methyl sites for hydroxylation is 1. The molecule has 0 bridgehead atoms. The molecule has 0 spiro atoms. The molecule has 1 amide bonds. The lowest BCUT2D eigenvalue weighted by Crippen LogP contribution is -2.38. The summed E-state index contributed by atoms with van der Waals surface area (Å²) in [6.45, 7) is 4.54. The van der Waals surface area contributed by atoms with Crippen molar-refractivity contribution < 1.29 is 4.79 Å². The van der Waals surface area contributed by atoms with Crippen molar-refractivity contribution in [2.45, 2.75) is 19.8 Å². The number of rotatable bonds is 9. The molecule has 0 aromatic heterocycles. The lowest BCUT2D eigenvalue weighted by molar-refractivity contribution is -0.117. The van der Waals surface area contributed by atoms with Crippen LogP contribution in [-0.4, -0.2) is 37.0 Å². The van der Waals surface area contributed by atoms with Crippen LogP contribution in [0, 0.1) is 0 Å². The molecule has 0 fully saturated rings. The molecule has 0 aliphatic rings. The van der Waals surface area contributed by atoms with E-state index in [0.29, 0.717) is 13.1 Å². The number of hydrogen-bond donors (Lipinski definition) is 2. The van der Waals surface area contributed by atoms with Gasteiger partial charge in [0.15, 0.2) is 0 Å². The molecular weight excluding hydrogens is 334 g/mol. The van der Waals surface area contributed by atoms with Gasteiger partial charge in [0, 0.05) is 25.3 Å². The van der Waals surface area contributed by atoms with Gasteiger partial charge in [0.2, 0.25) is 5.91 Å². The fourth-order valence-corrected chi connectivity index (χ4v) is 2.73. The number of anilines is 1. The maximum atomic E-state index is 12.4. The average molecular weight is 362 g/mol. The number of amides is 1. The molecule has 0 radical (unpaired) electrons. The van der Waals surface area contributed by atoms with Crippen LogP contribution in [0.1, 0.15) is 18.1 Å². The number of carbonyl (C=O) groups is 1. The summed E-state index contributed by atoms with van der Waals surface area (Å²) < 4.78 is 0. The van der Waals surface area contributed by atoms with Gasteiger partial charge >= 0.3 is 0 Å². The molecule has 136 valence electrons. The number of carbonyl (C=O) groups excluding carboxylic acids is 1. The minimum atomic E-state index is 0. The highest BCUT2D eigenvalue weighted by Crippen LogP contribution is 2.15. The van der Waals surface area contributed by atoms with E-state index in [-0.39, 0.29) is 18.3 Å². The summed E-state index contributed by atoms with van der Waals surface area (Å²) in [4.78, 5) is 14.5. The van der Waals surface area contributed by atoms with Crippen LogP contribution in [0.4, 0.5) is 5.69 Å². The lowest BCUT2D eigenvalue weighted by Gasteiger charge is -2.21. The summed E-state index contributed by atoms with van der Waals surface area (Å²) in [5.41, 5.74) is 9.03. The molecule has 2 rings (SSSR count). The van der Waals surface area contributed by atoms with Gasteiger partial charge in [-0.3, -0.25) is 9.69 Å². The number of nitrogens with zero attached hydrogens (tertiary/aromatic N) is 1. The minimum Gasteiger partial charge on any atom is -0.329 e. The van der Waals surface area contributed by atoms with E-state index < -0.39 is 0 Å². The molecule has 3 N–H and O–H groups in total. The van der Waals surface area contributed by atoms with Crippen LogP contribution < -0.4 is 11.1 Å². The van der Waals surface area contributed by atoms with Crippen molar-refractivity contribution in [3.05, 3.63) is 65.7 Å². The van der Waals surface area contributed by atoms with Crippen molar-refractivity contribution in [2.75, 3.05) is 31.5 Å². The highest BCUT2D eigenvalue weighted by molar-refractivity contribution is 5.93. The van der Waals surface area contributed by atoms with Gasteiger partial charge < -0.3 is 11.1 Å². The van der Waals surface area contributed by atoms with E-state index in [1.807, 2.05) is 42.5 Å². The minimum absolute atomic E-state index is 0. The molecule has 0 aliphatic carbocycles. The van der Waals surface area contributed by atoms with Crippen LogP contribution >= 0.6 is 12.4 Å². The smallest absolute Gasteiger partial charge is 0.238 e. The lowest BCUT2D eigenvalue weighted by atomic mass is 10.1. The van der Waals surface area contributed by atoms with Crippen LogP contribution in [0.25, 0.3) is 0 Å². The Morgan fingerprint density at radius 2 is 1.72 bits per heavy atom. The second-order valence-electron chi connectivity index (χ2n) is 5.86. The molecule has 25 heavy (non-hydrogen) atoms. The van der Waals surface area contributed by atoms with E-state index in [9.17, 15) is 4.79 Å². The number of para-hydroxylation sites is 1. The molecule has 2 aromatic carbocycles. The summed E-state index contributed by atoms with van der Waals surface area (Å²) in [5.74, 6) is 0.0115. The van der Waals surface area contributed by atoms with Crippen LogP contribution in [-0.2, 0) is 17.6 Å². The zero-order valence-corrected chi connectivity index (χ0v) is 15.6. The quantitative estimate of drug-likeness (QED) is 0.721. The topological polar surface area (TPSA) is 58.4 Å². The van der Waals surface area contributed by atoms with Gasteiger partial charge in [-0.2, -0.15) is 0 Å². The van der Waals surface area contributed by atoms with E-state index in [1.165, 1.54) is 5.56 Å². The number of halogens is 1. The molecule has 0 atom stereocenters. The second-order valence-corrected chi connectivity index (χ2v) is 5.86. The number of benzene rings is 2. The summed E-state index contributed by atoms with van der Waals surface area (Å²) in [6, 6.07) is 18.2. The van der Waals surface area contributed by atoms with Gasteiger partial charge in [-0.15, -0.1) is 12.4 Å². The largest absolute Gasteiger partial charge is 0.329 e. The van der Waals surface area contributed by atoms with Gasteiger partial charge in [0.1, 0.15) is 0 Å². The standard InChI is InChI=1S/C20H27N3O.ClH/c1-2-18-10-6-7-11-19(18)22-20(24)16-23(15-13-21)14-12-17-8-4-3-5-9-17;/h3-11H,2,12-16,21H2,1H3,(H,22,24);1H. The average Bonchev–Trinajstić information content (AvgIpc) is 2.61. The Balaban J connectivity index is 0.00000312. The zero-order chi connectivity index (χ0) is 17.2. The highest BCUT2D eigenvalue weighted by Gasteiger charge is 2.11. The molecular formula is C20H28ClN3O. The molecule has 0 saturated heterocycles. The fourth-order valence-electron chi connectivity index (χ4n) is 2.73. The first-order valence-corrected chi connectivity index (χ1v) is 8.57. The Bertz CT molecular complexity index is 634. The zero-order valence-electron chi connectivity index (χ0n) is 14.8. The van der Waals surface area contributed by atoms with Gasteiger partial charge in [0.05, 0.1) is 6.54 Å². The monoisotopic (exact) mass is 361 g/mol. The van der Waals surface area contributed by atoms with Crippen molar-refractivity contribution in [3.8, 4) is 0 Å². The summed E-state index contributed by atoms with van der Waals surface area (Å²) >= 11 is 0. The molecule has 2 aromatic rings. The summed E-state index contributed by atoms with van der Waals surface area (Å²) in [6.07, 6.45) is 1.82. The van der Waals surface area contributed by atoms with Crippen LogP contribution in [0.5, 0.6) is 0 Å².